The third-order valence-corrected chi connectivity index (χ3v) is 6.04. The molecule has 4 nitrogen and oxygen atoms in total. The number of rotatable bonds is 6. The van der Waals surface area contributed by atoms with Gasteiger partial charge in [-0.1, -0.05) is 50.6 Å². The van der Waals surface area contributed by atoms with Crippen LogP contribution < -0.4 is 5.32 Å². The Balaban J connectivity index is 1.52. The molecule has 2 aliphatic heterocycles. The zero-order valence-electron chi connectivity index (χ0n) is 16.0. The zero-order valence-corrected chi connectivity index (χ0v) is 16.0. The SMILES string of the molecule is CCCc1cc(NC2CC3CCC(C2)N3CC)nnc1-c1ccccc1. The standard InChI is InChI=1S/C22H30N4/c1-3-8-17-13-21(24-25-22(17)16-9-6-5-7-10-16)23-18-14-19-11-12-20(15-18)26(19)4-2/h5-7,9-10,13,18-20H,3-4,8,11-12,14-15H2,1-2H3,(H,23,24). The van der Waals surface area contributed by atoms with Crippen LogP contribution in [0.15, 0.2) is 36.4 Å². The molecule has 0 aliphatic carbocycles. The number of hydrogen-bond donors (Lipinski definition) is 1. The summed E-state index contributed by atoms with van der Waals surface area (Å²) in [5.41, 5.74) is 3.48. The molecule has 0 spiro atoms. The Bertz CT molecular complexity index is 716. The normalized spacial score (nSPS) is 25.4. The quantitative estimate of drug-likeness (QED) is 0.831. The van der Waals surface area contributed by atoms with Gasteiger partial charge in [0.25, 0.3) is 0 Å². The number of benzene rings is 1. The number of anilines is 1. The first kappa shape index (κ1) is 17.5. The van der Waals surface area contributed by atoms with E-state index in [4.69, 9.17) is 0 Å². The Kier molecular flexibility index (Phi) is 5.21. The van der Waals surface area contributed by atoms with Gasteiger partial charge in [0, 0.05) is 23.7 Å². The monoisotopic (exact) mass is 350 g/mol. The first-order valence-electron chi connectivity index (χ1n) is 10.2. The summed E-state index contributed by atoms with van der Waals surface area (Å²) in [5.74, 6) is 0.947. The molecule has 2 unspecified atom stereocenters. The van der Waals surface area contributed by atoms with Crippen molar-refractivity contribution in [3.8, 4) is 11.3 Å². The smallest absolute Gasteiger partial charge is 0.149 e. The first-order valence-corrected chi connectivity index (χ1v) is 10.2. The summed E-state index contributed by atoms with van der Waals surface area (Å²) in [6.07, 6.45) is 7.33. The number of fused-ring (bicyclic) bond motifs is 2. The van der Waals surface area contributed by atoms with Crippen molar-refractivity contribution in [3.05, 3.63) is 42.0 Å². The first-order chi connectivity index (χ1) is 12.8. The van der Waals surface area contributed by atoms with E-state index >= 15 is 0 Å². The Labute approximate surface area is 157 Å². The molecule has 3 heterocycles. The van der Waals surface area contributed by atoms with Crippen molar-refractivity contribution < 1.29 is 0 Å². The third-order valence-electron chi connectivity index (χ3n) is 6.04. The van der Waals surface area contributed by atoms with Crippen molar-refractivity contribution in [2.24, 2.45) is 0 Å². The molecule has 4 heteroatoms. The highest BCUT2D eigenvalue weighted by atomic mass is 15.2. The van der Waals surface area contributed by atoms with Crippen LogP contribution >= 0.6 is 0 Å². The molecule has 26 heavy (non-hydrogen) atoms. The Morgan fingerprint density at radius 3 is 2.42 bits per heavy atom. The van der Waals surface area contributed by atoms with E-state index in [-0.39, 0.29) is 0 Å². The summed E-state index contributed by atoms with van der Waals surface area (Å²) in [5, 5.41) is 12.8. The molecule has 1 aromatic carbocycles. The number of hydrogen-bond acceptors (Lipinski definition) is 4. The van der Waals surface area contributed by atoms with Crippen LogP contribution in [0.2, 0.25) is 0 Å². The Hall–Kier alpha value is -1.94. The fourth-order valence-electron chi connectivity index (χ4n) is 4.92. The maximum Gasteiger partial charge on any atom is 0.149 e. The van der Waals surface area contributed by atoms with E-state index in [0.717, 1.165) is 42.0 Å². The lowest BCUT2D eigenvalue weighted by atomic mass is 9.97. The van der Waals surface area contributed by atoms with Gasteiger partial charge in [-0.3, -0.25) is 4.90 Å². The summed E-state index contributed by atoms with van der Waals surface area (Å²) in [7, 11) is 0. The topological polar surface area (TPSA) is 41.0 Å². The minimum Gasteiger partial charge on any atom is -0.366 e. The Morgan fingerprint density at radius 1 is 1.04 bits per heavy atom. The number of nitrogens with one attached hydrogen (secondary N) is 1. The fraction of sp³-hybridized carbons (Fsp3) is 0.545. The molecule has 2 aromatic rings. The van der Waals surface area contributed by atoms with E-state index in [9.17, 15) is 0 Å². The second-order valence-corrected chi connectivity index (χ2v) is 7.75. The van der Waals surface area contributed by atoms with Crippen molar-refractivity contribution in [2.45, 2.75) is 70.5 Å². The van der Waals surface area contributed by atoms with Crippen LogP contribution in [-0.2, 0) is 6.42 Å². The predicted octanol–water partition coefficient (Wildman–Crippen LogP) is 4.52. The van der Waals surface area contributed by atoms with Crippen LogP contribution in [0, 0.1) is 0 Å². The van der Waals surface area contributed by atoms with Crippen LogP contribution in [0.3, 0.4) is 0 Å². The van der Waals surface area contributed by atoms with Crippen LogP contribution in [0.4, 0.5) is 5.82 Å². The van der Waals surface area contributed by atoms with Gasteiger partial charge in [0.05, 0.1) is 5.69 Å². The zero-order chi connectivity index (χ0) is 17.9. The Morgan fingerprint density at radius 2 is 1.77 bits per heavy atom. The number of piperidine rings is 1. The highest BCUT2D eigenvalue weighted by molar-refractivity contribution is 5.64. The maximum atomic E-state index is 4.59. The van der Waals surface area contributed by atoms with E-state index in [2.05, 4.69) is 64.6 Å². The number of aryl methyl sites for hydroxylation is 1. The minimum absolute atomic E-state index is 0.529. The molecule has 0 saturated carbocycles. The average Bonchev–Trinajstić information content (AvgIpc) is 2.92. The summed E-state index contributed by atoms with van der Waals surface area (Å²) in [6.45, 7) is 5.71. The van der Waals surface area contributed by atoms with Gasteiger partial charge in [-0.2, -0.15) is 0 Å². The largest absolute Gasteiger partial charge is 0.366 e. The maximum absolute atomic E-state index is 4.59. The lowest BCUT2D eigenvalue weighted by molar-refractivity contribution is 0.140. The summed E-state index contributed by atoms with van der Waals surface area (Å²) in [6, 6.07) is 14.7. The molecule has 2 bridgehead atoms. The van der Waals surface area contributed by atoms with E-state index < -0.39 is 0 Å². The lowest BCUT2D eigenvalue weighted by Crippen LogP contribution is -2.46. The minimum atomic E-state index is 0.529. The third kappa shape index (κ3) is 3.48. The predicted molar refractivity (Wildman–Crippen MR) is 107 cm³/mol. The van der Waals surface area contributed by atoms with E-state index in [1.807, 2.05) is 6.07 Å². The molecule has 2 aliphatic rings. The van der Waals surface area contributed by atoms with E-state index in [1.54, 1.807) is 0 Å². The molecule has 0 amide bonds. The van der Waals surface area contributed by atoms with Crippen LogP contribution in [0.1, 0.15) is 51.5 Å². The van der Waals surface area contributed by atoms with Gasteiger partial charge >= 0.3 is 0 Å². The van der Waals surface area contributed by atoms with Gasteiger partial charge in [-0.25, -0.2) is 0 Å². The van der Waals surface area contributed by atoms with Gasteiger partial charge in [-0.15, -0.1) is 10.2 Å². The van der Waals surface area contributed by atoms with Crippen molar-refractivity contribution in [3.63, 3.8) is 0 Å². The molecule has 1 N–H and O–H groups in total. The van der Waals surface area contributed by atoms with Gasteiger partial charge in [-0.05, 0) is 50.3 Å². The second-order valence-electron chi connectivity index (χ2n) is 7.75. The number of nitrogens with zero attached hydrogens (tertiary/aromatic N) is 3. The molecule has 2 fully saturated rings. The molecular weight excluding hydrogens is 320 g/mol. The highest BCUT2D eigenvalue weighted by Crippen LogP contribution is 2.36. The summed E-state index contributed by atoms with van der Waals surface area (Å²) >= 11 is 0. The molecule has 4 rings (SSSR count). The summed E-state index contributed by atoms with van der Waals surface area (Å²) < 4.78 is 0. The van der Waals surface area contributed by atoms with Gasteiger partial charge in [0.15, 0.2) is 0 Å². The van der Waals surface area contributed by atoms with Crippen LogP contribution in [0.5, 0.6) is 0 Å². The molecule has 2 atom stereocenters. The number of aromatic nitrogens is 2. The van der Waals surface area contributed by atoms with E-state index in [0.29, 0.717) is 6.04 Å². The molecule has 1 aromatic heterocycles. The molecule has 0 radical (unpaired) electrons. The van der Waals surface area contributed by atoms with Gasteiger partial charge < -0.3 is 5.32 Å². The van der Waals surface area contributed by atoms with Gasteiger partial charge in [0.2, 0.25) is 0 Å². The van der Waals surface area contributed by atoms with Crippen molar-refractivity contribution >= 4 is 5.82 Å². The van der Waals surface area contributed by atoms with Crippen LogP contribution in [0.25, 0.3) is 11.3 Å². The van der Waals surface area contributed by atoms with Crippen molar-refractivity contribution in [1.82, 2.24) is 15.1 Å². The fourth-order valence-corrected chi connectivity index (χ4v) is 4.92. The lowest BCUT2D eigenvalue weighted by Gasteiger charge is -2.38. The second kappa shape index (κ2) is 7.75. The van der Waals surface area contributed by atoms with Gasteiger partial charge in [0.1, 0.15) is 5.82 Å². The molecular formula is C22H30N4. The summed E-state index contributed by atoms with van der Waals surface area (Å²) in [4.78, 5) is 2.70. The molecule has 138 valence electrons. The highest BCUT2D eigenvalue weighted by Gasteiger charge is 2.39. The van der Waals surface area contributed by atoms with E-state index in [1.165, 1.54) is 37.8 Å². The van der Waals surface area contributed by atoms with Crippen LogP contribution in [-0.4, -0.2) is 39.8 Å². The van der Waals surface area contributed by atoms with Crippen molar-refractivity contribution in [1.29, 1.82) is 0 Å². The molecule has 2 saturated heterocycles. The average molecular weight is 351 g/mol. The van der Waals surface area contributed by atoms with Crippen molar-refractivity contribution in [2.75, 3.05) is 11.9 Å².